The number of ether oxygens (including phenoxy) is 1. The van der Waals surface area contributed by atoms with Gasteiger partial charge in [0.15, 0.2) is 5.76 Å². The zero-order valence-electron chi connectivity index (χ0n) is 14.8. The normalized spacial score (nSPS) is 28.6. The van der Waals surface area contributed by atoms with Gasteiger partial charge < -0.3 is 9.15 Å². The summed E-state index contributed by atoms with van der Waals surface area (Å²) in [6.07, 6.45) is 5.67. The molecule has 25 heavy (non-hydrogen) atoms. The van der Waals surface area contributed by atoms with E-state index in [1.165, 1.54) is 0 Å². The first-order chi connectivity index (χ1) is 12.2. The summed E-state index contributed by atoms with van der Waals surface area (Å²) >= 11 is 0. The van der Waals surface area contributed by atoms with Crippen LogP contribution in [0.25, 0.3) is 11.5 Å². The molecule has 6 heteroatoms. The predicted molar refractivity (Wildman–Crippen MR) is 92.6 cm³/mol. The van der Waals surface area contributed by atoms with E-state index >= 15 is 0 Å². The smallest absolute Gasteiger partial charge is 0.313 e. The quantitative estimate of drug-likeness (QED) is 0.814. The van der Waals surface area contributed by atoms with Crippen LogP contribution >= 0.6 is 0 Å². The summed E-state index contributed by atoms with van der Waals surface area (Å²) in [4.78, 5) is 15.1. The molecule has 4 heterocycles. The number of rotatable bonds is 6. The molecule has 6 nitrogen and oxygen atoms in total. The van der Waals surface area contributed by atoms with Gasteiger partial charge in [-0.2, -0.15) is 5.10 Å². The summed E-state index contributed by atoms with van der Waals surface area (Å²) < 4.78 is 11.4. The molecule has 0 aromatic carbocycles. The molecule has 0 radical (unpaired) electrons. The van der Waals surface area contributed by atoms with E-state index in [4.69, 9.17) is 9.15 Å². The number of nitrogens with zero attached hydrogens (tertiary/aromatic N) is 2. The van der Waals surface area contributed by atoms with Crippen molar-refractivity contribution >= 4 is 5.97 Å². The zero-order valence-corrected chi connectivity index (χ0v) is 14.8. The maximum Gasteiger partial charge on any atom is 0.313 e. The van der Waals surface area contributed by atoms with Crippen LogP contribution in [0.1, 0.15) is 45.3 Å². The maximum atomic E-state index is 12.7. The molecular weight excluding hydrogens is 318 g/mol. The number of aromatic nitrogens is 2. The summed E-state index contributed by atoms with van der Waals surface area (Å²) in [6.45, 7) is 5.18. The lowest BCUT2D eigenvalue weighted by atomic mass is 9.72. The molecule has 0 aliphatic carbocycles. The van der Waals surface area contributed by atoms with Gasteiger partial charge in [0.1, 0.15) is 11.5 Å². The second-order valence-corrected chi connectivity index (χ2v) is 7.09. The largest absolute Gasteiger partial charge is 0.466 e. The van der Waals surface area contributed by atoms with Crippen molar-refractivity contribution in [1.82, 2.24) is 15.1 Å². The second-order valence-electron chi connectivity index (χ2n) is 7.09. The lowest BCUT2D eigenvalue weighted by Gasteiger charge is -2.34. The lowest BCUT2D eigenvalue weighted by molar-refractivity contribution is -0.157. The zero-order chi connectivity index (χ0) is 17.4. The van der Waals surface area contributed by atoms with E-state index in [0.29, 0.717) is 12.6 Å². The topological polar surface area (TPSA) is 71.4 Å². The van der Waals surface area contributed by atoms with Crippen LogP contribution in [0.2, 0.25) is 0 Å². The Morgan fingerprint density at radius 2 is 2.28 bits per heavy atom. The van der Waals surface area contributed by atoms with Crippen LogP contribution in [0.3, 0.4) is 0 Å². The monoisotopic (exact) mass is 343 g/mol. The molecule has 2 aromatic rings. The van der Waals surface area contributed by atoms with Gasteiger partial charge in [0.25, 0.3) is 0 Å². The van der Waals surface area contributed by atoms with E-state index in [2.05, 4.69) is 22.0 Å². The Balaban J connectivity index is 1.53. The fraction of sp³-hybridized carbons (Fsp3) is 0.579. The minimum Gasteiger partial charge on any atom is -0.466 e. The molecule has 2 aromatic heterocycles. The number of H-pyrrole nitrogens is 1. The number of furan rings is 1. The van der Waals surface area contributed by atoms with Crippen molar-refractivity contribution < 1.29 is 13.9 Å². The van der Waals surface area contributed by atoms with Crippen molar-refractivity contribution in [3.63, 3.8) is 0 Å². The highest BCUT2D eigenvalue weighted by molar-refractivity contribution is 5.78. The Bertz CT molecular complexity index is 739. The first-order valence-electron chi connectivity index (χ1n) is 9.19. The van der Waals surface area contributed by atoms with Crippen LogP contribution in [-0.4, -0.2) is 39.8 Å². The summed E-state index contributed by atoms with van der Waals surface area (Å²) in [7, 11) is 0. The molecular formula is C19H25N3O3. The van der Waals surface area contributed by atoms with Crippen molar-refractivity contribution in [1.29, 1.82) is 0 Å². The van der Waals surface area contributed by atoms with Crippen LogP contribution in [0, 0.1) is 5.41 Å². The SMILES string of the molecule is CCOC(=O)[C@]1(CC)C[C@@H]2CC[C@H]1N2Cc1ccc(-c2ccn[nH]2)o1. The van der Waals surface area contributed by atoms with Gasteiger partial charge in [-0.25, -0.2) is 0 Å². The van der Waals surface area contributed by atoms with Crippen molar-refractivity contribution in [2.75, 3.05) is 6.61 Å². The number of hydrogen-bond donors (Lipinski definition) is 1. The molecule has 2 saturated heterocycles. The lowest BCUT2D eigenvalue weighted by Crippen LogP contribution is -2.43. The van der Waals surface area contributed by atoms with E-state index in [9.17, 15) is 4.79 Å². The summed E-state index contributed by atoms with van der Waals surface area (Å²) in [5.74, 6) is 1.70. The second kappa shape index (κ2) is 6.33. The third-order valence-corrected chi connectivity index (χ3v) is 5.96. The van der Waals surface area contributed by atoms with E-state index in [1.54, 1.807) is 6.20 Å². The van der Waals surface area contributed by atoms with Crippen molar-refractivity contribution in [2.45, 2.75) is 58.2 Å². The first-order valence-corrected chi connectivity index (χ1v) is 9.19. The molecule has 3 atom stereocenters. The van der Waals surface area contributed by atoms with Gasteiger partial charge in [0.2, 0.25) is 0 Å². The Hall–Kier alpha value is -2.08. The Kier molecular flexibility index (Phi) is 4.15. The molecule has 0 unspecified atom stereocenters. The fourth-order valence-corrected chi connectivity index (χ4v) is 4.74. The maximum absolute atomic E-state index is 12.7. The number of nitrogens with one attached hydrogen (secondary N) is 1. The average Bonchev–Trinajstić information content (AvgIpc) is 3.39. The van der Waals surface area contributed by atoms with Gasteiger partial charge in [0.05, 0.1) is 18.6 Å². The van der Waals surface area contributed by atoms with Gasteiger partial charge in [-0.1, -0.05) is 6.92 Å². The minimum atomic E-state index is -0.349. The summed E-state index contributed by atoms with van der Waals surface area (Å²) in [5, 5.41) is 6.89. The predicted octanol–water partition coefficient (Wildman–Crippen LogP) is 3.37. The number of carbonyl (C=O) groups excluding carboxylic acids is 1. The fourth-order valence-electron chi connectivity index (χ4n) is 4.74. The standard InChI is InChI=1S/C19H25N3O3/c1-3-19(18(23)24-4-2)11-13-5-8-17(19)22(13)12-14-6-7-16(25-14)15-9-10-20-21-15/h6-7,9-10,13,17H,3-5,8,11-12H2,1-2H3,(H,20,21)/t13-,17+,19+/m0/s1. The number of carbonyl (C=O) groups is 1. The molecule has 1 N–H and O–H groups in total. The van der Waals surface area contributed by atoms with Crippen LogP contribution in [0.5, 0.6) is 0 Å². The van der Waals surface area contributed by atoms with Gasteiger partial charge in [-0.3, -0.25) is 14.8 Å². The molecule has 0 amide bonds. The Morgan fingerprint density at radius 3 is 3.00 bits per heavy atom. The Labute approximate surface area is 147 Å². The molecule has 0 spiro atoms. The van der Waals surface area contributed by atoms with Crippen LogP contribution < -0.4 is 0 Å². The molecule has 2 fully saturated rings. The van der Waals surface area contributed by atoms with Crippen LogP contribution in [-0.2, 0) is 16.1 Å². The molecule has 2 aliphatic rings. The van der Waals surface area contributed by atoms with E-state index < -0.39 is 0 Å². The van der Waals surface area contributed by atoms with Gasteiger partial charge >= 0.3 is 5.97 Å². The summed E-state index contributed by atoms with van der Waals surface area (Å²) in [5.41, 5.74) is 0.530. The van der Waals surface area contributed by atoms with Crippen LogP contribution in [0.4, 0.5) is 0 Å². The van der Waals surface area contributed by atoms with Crippen molar-refractivity contribution in [2.24, 2.45) is 5.41 Å². The van der Waals surface area contributed by atoms with E-state index in [0.717, 1.165) is 49.4 Å². The molecule has 0 saturated carbocycles. The molecule has 4 rings (SSSR count). The van der Waals surface area contributed by atoms with E-state index in [1.807, 2.05) is 25.1 Å². The molecule has 2 bridgehead atoms. The average molecular weight is 343 g/mol. The highest BCUT2D eigenvalue weighted by atomic mass is 16.5. The van der Waals surface area contributed by atoms with Crippen molar-refractivity contribution in [3.8, 4) is 11.5 Å². The van der Waals surface area contributed by atoms with Crippen LogP contribution in [0.15, 0.2) is 28.8 Å². The minimum absolute atomic E-state index is 0.0210. The van der Waals surface area contributed by atoms with Crippen molar-refractivity contribution in [3.05, 3.63) is 30.2 Å². The van der Waals surface area contributed by atoms with Gasteiger partial charge in [-0.15, -0.1) is 0 Å². The molecule has 134 valence electrons. The number of fused-ring (bicyclic) bond motifs is 2. The third-order valence-electron chi connectivity index (χ3n) is 5.96. The highest BCUT2D eigenvalue weighted by Gasteiger charge is 2.59. The third kappa shape index (κ3) is 2.59. The highest BCUT2D eigenvalue weighted by Crippen LogP contribution is 2.53. The first kappa shape index (κ1) is 16.4. The Morgan fingerprint density at radius 1 is 1.40 bits per heavy atom. The summed E-state index contributed by atoms with van der Waals surface area (Å²) in [6, 6.07) is 6.58. The van der Waals surface area contributed by atoms with E-state index in [-0.39, 0.29) is 17.4 Å². The number of hydrogen-bond acceptors (Lipinski definition) is 5. The van der Waals surface area contributed by atoms with Gasteiger partial charge in [0, 0.05) is 18.3 Å². The number of esters is 1. The number of aromatic amines is 1. The van der Waals surface area contributed by atoms with Gasteiger partial charge in [-0.05, 0) is 50.8 Å². The molecule has 2 aliphatic heterocycles.